The van der Waals surface area contributed by atoms with E-state index in [9.17, 15) is 26.3 Å². The molecule has 0 aliphatic carbocycles. The first-order valence-electron chi connectivity index (χ1n) is 11.2. The molecule has 0 radical (unpaired) electrons. The van der Waals surface area contributed by atoms with Crippen molar-refractivity contribution in [3.8, 4) is 30.3 Å². The predicted molar refractivity (Wildman–Crippen MR) is 133 cm³/mol. The summed E-state index contributed by atoms with van der Waals surface area (Å²) in [5, 5.41) is 47.1. The van der Waals surface area contributed by atoms with Crippen molar-refractivity contribution in [1.82, 2.24) is 59.8 Å². The average Bonchev–Trinajstić information content (AvgIpc) is 3.00. The molecule has 0 spiro atoms. The van der Waals surface area contributed by atoms with Gasteiger partial charge in [0.2, 0.25) is 0 Å². The van der Waals surface area contributed by atoms with Crippen LogP contribution in [0.1, 0.15) is 34.2 Å². The summed E-state index contributed by atoms with van der Waals surface area (Å²) in [6.07, 6.45) is 0. The summed E-state index contributed by atoms with van der Waals surface area (Å²) in [6, 6.07) is 9.19. The molecule has 0 bridgehead atoms. The molecule has 7 aromatic rings. The Bertz CT molecular complexity index is 2550. The quantitative estimate of drug-likeness (QED) is 0.196. The summed E-state index contributed by atoms with van der Waals surface area (Å²) in [7, 11) is 0. The van der Waals surface area contributed by atoms with Crippen molar-refractivity contribution < 1.29 is 0 Å². The van der Waals surface area contributed by atoms with Gasteiger partial charge in [-0.05, 0) is 6.92 Å². The molecule has 0 fully saturated rings. The van der Waals surface area contributed by atoms with Crippen molar-refractivity contribution in [2.24, 2.45) is 0 Å². The molecule has 7 rings (SSSR count). The number of hydrogen-bond donors (Lipinski definition) is 0. The van der Waals surface area contributed by atoms with Crippen LogP contribution >= 0.6 is 0 Å². The van der Waals surface area contributed by atoms with Gasteiger partial charge < -0.3 is 0 Å². The molecule has 17 nitrogen and oxygen atoms in total. The van der Waals surface area contributed by atoms with E-state index in [2.05, 4.69) is 59.8 Å². The third-order valence-electron chi connectivity index (χ3n) is 5.94. The normalized spacial score (nSPS) is 10.9. The zero-order valence-electron chi connectivity index (χ0n) is 20.1. The van der Waals surface area contributed by atoms with E-state index < -0.39 is 0 Å². The van der Waals surface area contributed by atoms with Gasteiger partial charge in [0.15, 0.2) is 62.4 Å². The van der Waals surface area contributed by atoms with Crippen molar-refractivity contribution in [3.05, 3.63) is 34.2 Å². The molecule has 6 heterocycles. The molecule has 0 saturated heterocycles. The maximum absolute atomic E-state index is 9.43. The highest BCUT2D eigenvalue weighted by Crippen LogP contribution is 2.32. The fraction of sp³-hybridized carbons (Fsp3) is 0.0417. The molecule has 0 aliphatic heterocycles. The SMILES string of the molecule is Cc1nc2nc3c(nc2nc1C#N)c1nc2nc(C#N)c(C#N)nc2nc1c1nc2nc(C#N)c(C#N)nc2nc31. The van der Waals surface area contributed by atoms with Gasteiger partial charge in [-0.25, -0.2) is 59.8 Å². The van der Waals surface area contributed by atoms with Gasteiger partial charge in [-0.3, -0.25) is 0 Å². The minimum atomic E-state index is -0.246. The largest absolute Gasteiger partial charge is 0.228 e. The van der Waals surface area contributed by atoms with E-state index in [0.29, 0.717) is 5.69 Å². The van der Waals surface area contributed by atoms with E-state index in [1.54, 1.807) is 13.0 Å². The van der Waals surface area contributed by atoms with E-state index >= 15 is 0 Å². The number of benzene rings is 1. The van der Waals surface area contributed by atoms with Gasteiger partial charge in [0, 0.05) is 0 Å². The van der Waals surface area contributed by atoms with Crippen LogP contribution in [0.4, 0.5) is 0 Å². The van der Waals surface area contributed by atoms with Crippen molar-refractivity contribution in [2.75, 3.05) is 0 Å². The van der Waals surface area contributed by atoms with Gasteiger partial charge >= 0.3 is 0 Å². The van der Waals surface area contributed by atoms with Crippen LogP contribution in [-0.2, 0) is 0 Å². The smallest absolute Gasteiger partial charge is 0.199 e. The molecular weight excluding hydrogens is 526 g/mol. The van der Waals surface area contributed by atoms with Gasteiger partial charge in [-0.15, -0.1) is 0 Å². The standard InChI is InChI=1S/C24H3N17/c1-7-8(2-25)31-20-19(30-7)36-13-14(37-20)16-18(41-24-23(39-16)34-11(5-28)12(6-29)35-24)17-15(13)38-21-22(40-17)33-10(4-27)9(3-26)32-21/h1H3. The Morgan fingerprint density at radius 2 is 0.537 bits per heavy atom. The fourth-order valence-electron chi connectivity index (χ4n) is 4.15. The molecule has 0 saturated carbocycles. The average molecular weight is 529 g/mol. The van der Waals surface area contributed by atoms with E-state index in [0.717, 1.165) is 0 Å². The predicted octanol–water partition coefficient (Wildman–Crippen LogP) is 1.01. The zero-order chi connectivity index (χ0) is 28.4. The van der Waals surface area contributed by atoms with Crippen molar-refractivity contribution in [3.63, 3.8) is 0 Å². The minimum Gasteiger partial charge on any atom is -0.228 e. The number of hydrogen-bond acceptors (Lipinski definition) is 17. The topological polar surface area (TPSA) is 274 Å². The van der Waals surface area contributed by atoms with Crippen LogP contribution < -0.4 is 0 Å². The Morgan fingerprint density at radius 3 is 0.780 bits per heavy atom. The lowest BCUT2D eigenvalue weighted by Crippen LogP contribution is -2.05. The Morgan fingerprint density at radius 1 is 0.317 bits per heavy atom. The Balaban J connectivity index is 1.74. The van der Waals surface area contributed by atoms with Crippen molar-refractivity contribution in [1.29, 1.82) is 26.3 Å². The number of rotatable bonds is 0. The lowest BCUT2D eigenvalue weighted by atomic mass is 10.2. The van der Waals surface area contributed by atoms with Crippen molar-refractivity contribution in [2.45, 2.75) is 6.92 Å². The first kappa shape index (κ1) is 22.9. The molecule has 184 valence electrons. The highest BCUT2D eigenvalue weighted by molar-refractivity contribution is 6.20. The van der Waals surface area contributed by atoms with E-state index in [-0.39, 0.29) is 95.5 Å². The lowest BCUT2D eigenvalue weighted by Gasteiger charge is -2.09. The molecule has 0 amide bonds. The maximum Gasteiger partial charge on any atom is 0.199 e. The first-order valence-corrected chi connectivity index (χ1v) is 11.2. The van der Waals surface area contributed by atoms with Gasteiger partial charge in [-0.1, -0.05) is 0 Å². The Hall–Kier alpha value is -7.29. The molecule has 17 heteroatoms. The third-order valence-corrected chi connectivity index (χ3v) is 5.94. The monoisotopic (exact) mass is 529 g/mol. The Labute approximate surface area is 224 Å². The van der Waals surface area contributed by atoms with Crippen molar-refractivity contribution >= 4 is 67.0 Å². The van der Waals surface area contributed by atoms with Crippen LogP contribution in [0.2, 0.25) is 0 Å². The van der Waals surface area contributed by atoms with Crippen LogP contribution in [0.5, 0.6) is 0 Å². The number of fused-ring (bicyclic) bond motifs is 9. The summed E-state index contributed by atoms with van der Waals surface area (Å²) in [5.41, 5.74) is 0.147. The highest BCUT2D eigenvalue weighted by atomic mass is 15.1. The maximum atomic E-state index is 9.43. The lowest BCUT2D eigenvalue weighted by molar-refractivity contribution is 1.10. The molecule has 0 atom stereocenters. The molecular formula is C24H3N17. The number of aromatic nitrogens is 12. The summed E-state index contributed by atoms with van der Waals surface area (Å²) >= 11 is 0. The number of nitriles is 5. The second-order valence-electron chi connectivity index (χ2n) is 8.26. The molecule has 1 aromatic carbocycles. The molecule has 6 aromatic heterocycles. The van der Waals surface area contributed by atoms with Gasteiger partial charge in [0.1, 0.15) is 63.4 Å². The summed E-state index contributed by atoms with van der Waals surface area (Å²) in [5.74, 6) is 0. The van der Waals surface area contributed by atoms with Crippen LogP contribution in [-0.4, -0.2) is 59.8 Å². The molecule has 0 N–H and O–H groups in total. The van der Waals surface area contributed by atoms with E-state index in [1.807, 2.05) is 24.3 Å². The minimum absolute atomic E-state index is 0.0448. The fourth-order valence-corrected chi connectivity index (χ4v) is 4.15. The second-order valence-corrected chi connectivity index (χ2v) is 8.26. The summed E-state index contributed by atoms with van der Waals surface area (Å²) in [6.45, 7) is 1.60. The van der Waals surface area contributed by atoms with Crippen LogP contribution in [0.25, 0.3) is 67.0 Å². The van der Waals surface area contributed by atoms with E-state index in [4.69, 9.17) is 0 Å². The van der Waals surface area contributed by atoms with Crippen LogP contribution in [0.15, 0.2) is 0 Å². The number of aryl methyl sites for hydroxylation is 1. The molecule has 41 heavy (non-hydrogen) atoms. The molecule has 0 unspecified atom stereocenters. The van der Waals surface area contributed by atoms with E-state index in [1.165, 1.54) is 0 Å². The van der Waals surface area contributed by atoms with Crippen LogP contribution in [0.3, 0.4) is 0 Å². The van der Waals surface area contributed by atoms with Gasteiger partial charge in [0.25, 0.3) is 0 Å². The second kappa shape index (κ2) is 8.10. The number of nitrogens with zero attached hydrogens (tertiary/aromatic N) is 17. The Kier molecular flexibility index (Phi) is 4.52. The zero-order valence-corrected chi connectivity index (χ0v) is 20.1. The summed E-state index contributed by atoms with van der Waals surface area (Å²) in [4.78, 5) is 52.5. The molecule has 0 aliphatic rings. The highest BCUT2D eigenvalue weighted by Gasteiger charge is 2.22. The first-order chi connectivity index (χ1) is 20.0. The summed E-state index contributed by atoms with van der Waals surface area (Å²) < 4.78 is 0. The third kappa shape index (κ3) is 3.17. The van der Waals surface area contributed by atoms with Crippen LogP contribution in [0, 0.1) is 63.6 Å². The van der Waals surface area contributed by atoms with Gasteiger partial charge in [0.05, 0.1) is 5.69 Å². The van der Waals surface area contributed by atoms with Gasteiger partial charge in [-0.2, -0.15) is 26.3 Å².